The van der Waals surface area contributed by atoms with Gasteiger partial charge in [-0.2, -0.15) is 5.10 Å². The van der Waals surface area contributed by atoms with Gasteiger partial charge >= 0.3 is 5.97 Å². The van der Waals surface area contributed by atoms with Gasteiger partial charge in [0.1, 0.15) is 6.10 Å². The highest BCUT2D eigenvalue weighted by Crippen LogP contribution is 2.64. The summed E-state index contributed by atoms with van der Waals surface area (Å²) in [5.41, 5.74) is 5.45. The molecule has 0 bridgehead atoms. The summed E-state index contributed by atoms with van der Waals surface area (Å²) in [6.07, 6.45) is 10.00. The fraction of sp³-hybridized carbons (Fsp3) is 0.720. The molecule has 2 saturated carbocycles. The Morgan fingerprint density at radius 3 is 2.53 bits per heavy atom. The average Bonchev–Trinajstić information content (AvgIpc) is 3.16. The molecule has 0 aromatic carbocycles. The largest absolute Gasteiger partial charge is 0.462 e. The van der Waals surface area contributed by atoms with E-state index in [1.54, 1.807) is 11.6 Å². The first-order valence-electron chi connectivity index (χ1n) is 11.6. The second kappa shape index (κ2) is 6.54. The van der Waals surface area contributed by atoms with E-state index in [0.29, 0.717) is 17.8 Å². The number of aryl methyl sites for hydroxylation is 1. The van der Waals surface area contributed by atoms with E-state index in [0.717, 1.165) is 37.8 Å². The molecule has 6 atom stereocenters. The maximum atomic E-state index is 12.2. The SMILES string of the molecule is CC(=O)OC1CC[C@]2(C)C(=CCC3C2CC[C@]2(C)c4c(C)nn(C(C)=O)c4CC32)C1. The van der Waals surface area contributed by atoms with Gasteiger partial charge in [-0.05, 0) is 74.0 Å². The Kier molecular flexibility index (Phi) is 4.37. The van der Waals surface area contributed by atoms with E-state index < -0.39 is 0 Å². The third kappa shape index (κ3) is 2.63. The van der Waals surface area contributed by atoms with Gasteiger partial charge in [-0.15, -0.1) is 0 Å². The maximum absolute atomic E-state index is 12.2. The minimum atomic E-state index is -0.162. The second-order valence-corrected chi connectivity index (χ2v) is 10.7. The molecule has 1 aromatic rings. The second-order valence-electron chi connectivity index (χ2n) is 10.7. The fourth-order valence-electron chi connectivity index (χ4n) is 7.95. The van der Waals surface area contributed by atoms with Gasteiger partial charge < -0.3 is 4.74 Å². The van der Waals surface area contributed by atoms with Gasteiger partial charge in [-0.3, -0.25) is 9.59 Å². The van der Waals surface area contributed by atoms with Crippen LogP contribution in [-0.2, 0) is 21.4 Å². The molecule has 0 amide bonds. The molecule has 5 rings (SSSR count). The minimum absolute atomic E-state index is 0.0275. The lowest BCUT2D eigenvalue weighted by Gasteiger charge is -2.57. The van der Waals surface area contributed by atoms with E-state index in [-0.39, 0.29) is 28.8 Å². The summed E-state index contributed by atoms with van der Waals surface area (Å²) >= 11 is 0. The van der Waals surface area contributed by atoms with Crippen molar-refractivity contribution in [3.8, 4) is 0 Å². The number of aromatic nitrogens is 2. The molecule has 0 N–H and O–H groups in total. The van der Waals surface area contributed by atoms with Crippen molar-refractivity contribution in [1.29, 1.82) is 0 Å². The van der Waals surface area contributed by atoms with E-state index >= 15 is 0 Å². The molecule has 0 spiro atoms. The van der Waals surface area contributed by atoms with Gasteiger partial charge in [0.05, 0.1) is 11.4 Å². The van der Waals surface area contributed by atoms with Crippen molar-refractivity contribution in [2.24, 2.45) is 23.2 Å². The lowest BCUT2D eigenvalue weighted by atomic mass is 9.47. The van der Waals surface area contributed by atoms with Gasteiger partial charge in [-0.25, -0.2) is 4.68 Å². The zero-order valence-electron chi connectivity index (χ0n) is 19.0. The number of allylic oxidation sites excluding steroid dienone is 1. The Labute approximate surface area is 179 Å². The van der Waals surface area contributed by atoms with Crippen LogP contribution in [0.25, 0.3) is 0 Å². The average molecular weight is 411 g/mol. The highest BCUT2D eigenvalue weighted by molar-refractivity contribution is 5.77. The predicted octanol–water partition coefficient (Wildman–Crippen LogP) is 4.76. The Morgan fingerprint density at radius 2 is 1.83 bits per heavy atom. The summed E-state index contributed by atoms with van der Waals surface area (Å²) in [5, 5.41) is 4.60. The van der Waals surface area contributed by atoms with Crippen molar-refractivity contribution in [3.05, 3.63) is 28.6 Å². The maximum Gasteiger partial charge on any atom is 0.302 e. The van der Waals surface area contributed by atoms with Gasteiger partial charge in [0.2, 0.25) is 5.91 Å². The molecular weight excluding hydrogens is 376 g/mol. The Hall–Kier alpha value is -1.91. The summed E-state index contributed by atoms with van der Waals surface area (Å²) < 4.78 is 7.25. The topological polar surface area (TPSA) is 61.2 Å². The molecule has 5 nitrogen and oxygen atoms in total. The van der Waals surface area contributed by atoms with Crippen LogP contribution in [0.5, 0.6) is 0 Å². The molecule has 162 valence electrons. The van der Waals surface area contributed by atoms with Crippen molar-refractivity contribution in [2.75, 3.05) is 0 Å². The molecule has 4 aliphatic carbocycles. The van der Waals surface area contributed by atoms with Crippen molar-refractivity contribution < 1.29 is 14.3 Å². The smallest absolute Gasteiger partial charge is 0.302 e. The molecule has 5 heteroatoms. The van der Waals surface area contributed by atoms with Crippen LogP contribution in [0.15, 0.2) is 11.6 Å². The molecule has 4 aliphatic rings. The van der Waals surface area contributed by atoms with Crippen LogP contribution < -0.4 is 0 Å². The first-order chi connectivity index (χ1) is 14.1. The summed E-state index contributed by atoms with van der Waals surface area (Å²) in [6.45, 7) is 10.1. The number of fused-ring (bicyclic) bond motifs is 7. The van der Waals surface area contributed by atoms with Gasteiger partial charge in [0.15, 0.2) is 0 Å². The highest BCUT2D eigenvalue weighted by atomic mass is 16.5. The monoisotopic (exact) mass is 410 g/mol. The predicted molar refractivity (Wildman–Crippen MR) is 114 cm³/mol. The van der Waals surface area contributed by atoms with Crippen LogP contribution in [-0.4, -0.2) is 27.8 Å². The fourth-order valence-corrected chi connectivity index (χ4v) is 7.95. The normalized spacial score (nSPS) is 39.3. The zero-order valence-corrected chi connectivity index (χ0v) is 19.0. The van der Waals surface area contributed by atoms with Crippen LogP contribution in [0, 0.1) is 30.1 Å². The number of esters is 1. The Morgan fingerprint density at radius 1 is 1.10 bits per heavy atom. The Balaban J connectivity index is 1.47. The number of hydrogen-bond acceptors (Lipinski definition) is 4. The first kappa shape index (κ1) is 20.0. The quantitative estimate of drug-likeness (QED) is 0.495. The Bertz CT molecular complexity index is 960. The molecule has 0 aliphatic heterocycles. The minimum Gasteiger partial charge on any atom is -0.462 e. The van der Waals surface area contributed by atoms with Gasteiger partial charge in [-0.1, -0.05) is 25.5 Å². The molecular formula is C25H34N2O3. The number of nitrogens with zero attached hydrogens (tertiary/aromatic N) is 2. The third-order valence-corrected chi connectivity index (χ3v) is 9.22. The summed E-state index contributed by atoms with van der Waals surface area (Å²) in [6, 6.07) is 0. The number of carbonyl (C=O) groups excluding carboxylic acids is 2. The van der Waals surface area contributed by atoms with Crippen molar-refractivity contribution >= 4 is 11.9 Å². The number of rotatable bonds is 1. The van der Waals surface area contributed by atoms with Crippen LogP contribution >= 0.6 is 0 Å². The first-order valence-corrected chi connectivity index (χ1v) is 11.6. The van der Waals surface area contributed by atoms with E-state index in [1.165, 1.54) is 36.6 Å². The van der Waals surface area contributed by atoms with Crippen LogP contribution in [0.2, 0.25) is 0 Å². The highest BCUT2D eigenvalue weighted by Gasteiger charge is 2.59. The van der Waals surface area contributed by atoms with E-state index in [4.69, 9.17) is 4.74 Å². The van der Waals surface area contributed by atoms with Crippen LogP contribution in [0.1, 0.15) is 88.0 Å². The molecule has 0 radical (unpaired) electrons. The standard InChI is InChI=1S/C25H34N2O3/c1-14-23-22(27(26-14)15(2)28)13-21-19-7-6-17-12-18(30-16(3)29)8-10-24(17,4)20(19)9-11-25(21,23)5/h6,18-21H,7-13H2,1-5H3/t18?,19?,20?,21?,24-,25+/m1/s1. The van der Waals surface area contributed by atoms with Gasteiger partial charge in [0.25, 0.3) is 0 Å². The molecule has 4 unspecified atom stereocenters. The van der Waals surface area contributed by atoms with Crippen molar-refractivity contribution in [2.45, 2.75) is 91.1 Å². The lowest BCUT2D eigenvalue weighted by Crippen LogP contribution is -2.51. The number of carbonyl (C=O) groups is 2. The summed E-state index contributed by atoms with van der Waals surface area (Å²) in [4.78, 5) is 23.7. The van der Waals surface area contributed by atoms with Crippen molar-refractivity contribution in [1.82, 2.24) is 9.78 Å². The number of hydrogen-bond donors (Lipinski definition) is 0. The van der Waals surface area contributed by atoms with E-state index in [9.17, 15) is 9.59 Å². The van der Waals surface area contributed by atoms with Crippen LogP contribution in [0.4, 0.5) is 0 Å². The molecule has 0 saturated heterocycles. The number of ether oxygens (including phenoxy) is 1. The van der Waals surface area contributed by atoms with E-state index in [2.05, 4.69) is 31.9 Å². The van der Waals surface area contributed by atoms with Crippen molar-refractivity contribution in [3.63, 3.8) is 0 Å². The van der Waals surface area contributed by atoms with Gasteiger partial charge in [0, 0.05) is 25.8 Å². The summed E-state index contributed by atoms with van der Waals surface area (Å²) in [5.74, 6) is 1.77. The molecule has 1 aromatic heterocycles. The zero-order chi connectivity index (χ0) is 21.4. The third-order valence-electron chi connectivity index (χ3n) is 9.22. The molecule has 2 fully saturated rings. The van der Waals surface area contributed by atoms with Crippen LogP contribution in [0.3, 0.4) is 0 Å². The molecule has 30 heavy (non-hydrogen) atoms. The molecule has 1 heterocycles. The summed E-state index contributed by atoms with van der Waals surface area (Å²) in [7, 11) is 0. The van der Waals surface area contributed by atoms with E-state index in [1.807, 2.05) is 0 Å². The lowest BCUT2D eigenvalue weighted by molar-refractivity contribution is -0.148.